The molecule has 0 aromatic heterocycles. The fraction of sp³-hybridized carbons (Fsp3) is 0.500. The second-order valence-electron chi connectivity index (χ2n) is 1.15. The smallest absolute Gasteiger partial charge is 0.154 e. The van der Waals surface area contributed by atoms with Crippen LogP contribution in [0, 0.1) is 0 Å². The van der Waals surface area contributed by atoms with Crippen LogP contribution in [0.4, 0.5) is 0 Å². The van der Waals surface area contributed by atoms with E-state index in [0.717, 1.165) is 0 Å². The first-order valence-electron chi connectivity index (χ1n) is 4.18. The Balaban J connectivity index is 4.87. The van der Waals surface area contributed by atoms with Gasteiger partial charge in [-0.3, -0.25) is 4.79 Å². The van der Waals surface area contributed by atoms with E-state index in [-0.39, 0.29) is 0 Å². The van der Waals surface area contributed by atoms with Gasteiger partial charge in [0.15, 0.2) is 5.78 Å². The van der Waals surface area contributed by atoms with Gasteiger partial charge in [0.25, 0.3) is 0 Å². The summed E-state index contributed by atoms with van der Waals surface area (Å²) in [5.41, 5.74) is 0. The average Bonchev–Trinajstić information content (AvgIpc) is 2.03. The highest BCUT2D eigenvalue weighted by Crippen LogP contribution is 2.22. The second-order valence-corrected chi connectivity index (χ2v) is 3.04. The normalized spacial score (nSPS) is 16.7. The van der Waals surface area contributed by atoms with Gasteiger partial charge in [-0.15, -0.1) is 23.5 Å². The highest BCUT2D eigenvalue weighted by atomic mass is 32.2. The third kappa shape index (κ3) is 4.60. The molecule has 0 aliphatic carbocycles. The molecule has 0 saturated heterocycles. The Kier molecular flexibility index (Phi) is 2.24. The maximum Gasteiger partial charge on any atom is 0.154 e. The lowest BCUT2D eigenvalue weighted by Crippen LogP contribution is -1.81. The summed E-state index contributed by atoms with van der Waals surface area (Å²) in [7, 11) is 0. The summed E-state index contributed by atoms with van der Waals surface area (Å²) >= 11 is 2.41. The number of carbonyl (C=O) groups is 1. The Bertz CT molecular complexity index is 227. The monoisotopic (exact) mass is 166 g/mol. The van der Waals surface area contributed by atoms with Gasteiger partial charge in [0, 0.05) is 14.4 Å². The molecule has 0 aromatic rings. The van der Waals surface area contributed by atoms with Gasteiger partial charge in [0.05, 0.1) is 1.37 Å². The van der Waals surface area contributed by atoms with Crippen LogP contribution in [-0.4, -0.2) is 18.3 Å². The maximum atomic E-state index is 11.1. The lowest BCUT2D eigenvalue weighted by Gasteiger charge is -1.94. The highest BCUT2D eigenvalue weighted by Gasteiger charge is 1.92. The first-order valence-corrected chi connectivity index (χ1v) is 4.63. The van der Waals surface area contributed by atoms with E-state index in [2.05, 4.69) is 0 Å². The van der Waals surface area contributed by atoms with E-state index < -0.39 is 18.7 Å². The SMILES string of the molecule is [2H]C(C(=O)C([2H])([2H])[2H])=C(SC)SC. The molecule has 0 amide bonds. The van der Waals surface area contributed by atoms with Gasteiger partial charge in [0.2, 0.25) is 0 Å². The minimum Gasteiger partial charge on any atom is -0.295 e. The van der Waals surface area contributed by atoms with E-state index in [4.69, 9.17) is 5.48 Å². The van der Waals surface area contributed by atoms with Crippen LogP contribution in [0.5, 0.6) is 0 Å². The molecule has 0 heterocycles. The Labute approximate surface area is 69.9 Å². The minimum absolute atomic E-state index is 0.417. The van der Waals surface area contributed by atoms with Gasteiger partial charge in [-0.25, -0.2) is 0 Å². The quantitative estimate of drug-likeness (QED) is 0.598. The maximum absolute atomic E-state index is 11.1. The van der Waals surface area contributed by atoms with E-state index in [1.165, 1.54) is 23.5 Å². The molecular weight excluding hydrogens is 152 g/mol. The average molecular weight is 166 g/mol. The number of hydrogen-bond acceptors (Lipinski definition) is 3. The number of thioether (sulfide) groups is 2. The number of carbonyl (C=O) groups excluding carboxylic acids is 1. The molecule has 0 spiro atoms. The summed E-state index contributed by atoms with van der Waals surface area (Å²) in [5, 5.41) is 0. The molecule has 0 aliphatic heterocycles. The van der Waals surface area contributed by atoms with Gasteiger partial charge >= 0.3 is 0 Å². The highest BCUT2D eigenvalue weighted by molar-refractivity contribution is 8.21. The van der Waals surface area contributed by atoms with Crippen molar-refractivity contribution in [3.63, 3.8) is 0 Å². The fourth-order valence-corrected chi connectivity index (χ4v) is 1.33. The lowest BCUT2D eigenvalue weighted by molar-refractivity contribution is -0.112. The molecule has 0 radical (unpaired) electrons. The number of hydrogen-bond donors (Lipinski definition) is 0. The summed E-state index contributed by atoms with van der Waals surface area (Å²) in [6.45, 7) is -2.70. The zero-order chi connectivity index (χ0) is 10.6. The molecule has 0 saturated carbocycles. The van der Waals surface area contributed by atoms with Crippen LogP contribution in [0.25, 0.3) is 0 Å². The van der Waals surface area contributed by atoms with Crippen LogP contribution in [0.2, 0.25) is 0 Å². The van der Waals surface area contributed by atoms with Crippen molar-refractivity contribution in [3.8, 4) is 0 Å². The van der Waals surface area contributed by atoms with Gasteiger partial charge < -0.3 is 0 Å². The summed E-state index contributed by atoms with van der Waals surface area (Å²) in [6, 6.07) is -0.417. The molecule has 0 aliphatic rings. The number of allylic oxidation sites excluding steroid dienone is 1. The van der Waals surface area contributed by atoms with E-state index in [1.54, 1.807) is 12.5 Å². The molecule has 0 unspecified atom stereocenters. The predicted octanol–water partition coefficient (Wildman–Crippen LogP) is 2.14. The third-order valence-corrected chi connectivity index (χ3v) is 2.53. The summed E-state index contributed by atoms with van der Waals surface area (Å²) in [5.74, 6) is -1.09. The molecule has 0 N–H and O–H groups in total. The molecule has 0 atom stereocenters. The van der Waals surface area contributed by atoms with E-state index in [1.807, 2.05) is 0 Å². The Morgan fingerprint density at radius 2 is 2.22 bits per heavy atom. The van der Waals surface area contributed by atoms with Crippen molar-refractivity contribution in [2.45, 2.75) is 6.85 Å². The molecule has 52 valence electrons. The van der Waals surface area contributed by atoms with E-state index in [9.17, 15) is 4.79 Å². The van der Waals surface area contributed by atoms with Crippen LogP contribution in [0.15, 0.2) is 10.3 Å². The van der Waals surface area contributed by atoms with Crippen LogP contribution >= 0.6 is 23.5 Å². The van der Waals surface area contributed by atoms with Crippen LogP contribution in [-0.2, 0) is 4.79 Å². The first kappa shape index (κ1) is 4.09. The second kappa shape index (κ2) is 4.94. The molecule has 0 fully saturated rings. The Morgan fingerprint density at radius 1 is 1.67 bits per heavy atom. The number of ketones is 1. The standard InChI is InChI=1S/C6H10OS2/c1-5(7)4-6(8-2)9-3/h4H,1-3H3/i1D3,4D. The topological polar surface area (TPSA) is 17.1 Å². The Morgan fingerprint density at radius 3 is 2.56 bits per heavy atom. The Hall–Kier alpha value is 0.110. The summed E-state index contributed by atoms with van der Waals surface area (Å²) < 4.78 is 28.2. The zero-order valence-corrected chi connectivity index (χ0v) is 6.86. The van der Waals surface area contributed by atoms with Gasteiger partial charge in [-0.2, -0.15) is 0 Å². The van der Waals surface area contributed by atoms with Crippen molar-refractivity contribution >= 4 is 29.3 Å². The van der Waals surface area contributed by atoms with Crippen LogP contribution in [0.3, 0.4) is 0 Å². The zero-order valence-electron chi connectivity index (χ0n) is 9.22. The van der Waals surface area contributed by atoms with Gasteiger partial charge in [-0.05, 0) is 19.4 Å². The molecule has 0 aromatic carbocycles. The molecule has 9 heavy (non-hydrogen) atoms. The molecule has 0 bridgehead atoms. The lowest BCUT2D eigenvalue weighted by atomic mass is 10.5. The minimum atomic E-state index is -2.70. The molecule has 0 rings (SSSR count). The van der Waals surface area contributed by atoms with E-state index in [0.29, 0.717) is 4.24 Å². The van der Waals surface area contributed by atoms with Gasteiger partial charge in [-0.1, -0.05) is 0 Å². The van der Waals surface area contributed by atoms with Crippen molar-refractivity contribution in [1.29, 1.82) is 0 Å². The summed E-state index contributed by atoms with van der Waals surface area (Å²) in [6.07, 6.45) is 3.40. The van der Waals surface area contributed by atoms with Crippen molar-refractivity contribution in [2.24, 2.45) is 0 Å². The van der Waals surface area contributed by atoms with Crippen molar-refractivity contribution in [2.75, 3.05) is 12.5 Å². The van der Waals surface area contributed by atoms with Crippen molar-refractivity contribution < 1.29 is 10.3 Å². The van der Waals surface area contributed by atoms with E-state index >= 15 is 0 Å². The molecular formula is C6H10OS2. The number of rotatable bonds is 3. The largest absolute Gasteiger partial charge is 0.295 e. The fourth-order valence-electron chi connectivity index (χ4n) is 0.278. The van der Waals surface area contributed by atoms with Gasteiger partial charge in [0.1, 0.15) is 0 Å². The summed E-state index contributed by atoms with van der Waals surface area (Å²) in [4.78, 5) is 11.1. The van der Waals surface area contributed by atoms with Crippen LogP contribution in [0.1, 0.15) is 12.3 Å². The van der Waals surface area contributed by atoms with Crippen molar-refractivity contribution in [1.82, 2.24) is 0 Å². The molecule has 3 heteroatoms. The predicted molar refractivity (Wildman–Crippen MR) is 45.8 cm³/mol. The molecule has 1 nitrogen and oxygen atoms in total. The third-order valence-electron chi connectivity index (χ3n) is 0.586. The first-order chi connectivity index (χ1) is 5.84. The van der Waals surface area contributed by atoms with Crippen LogP contribution < -0.4 is 0 Å². The van der Waals surface area contributed by atoms with Crippen molar-refractivity contribution in [3.05, 3.63) is 10.3 Å².